The predicted molar refractivity (Wildman–Crippen MR) is 87.2 cm³/mol. The minimum atomic E-state index is -0.254. The molecular weight excluding hydrogens is 387 g/mol. The Labute approximate surface area is 135 Å². The van der Waals surface area contributed by atoms with Crippen LogP contribution in [0.4, 0.5) is 4.39 Å². The number of rotatable bonds is 6. The molecule has 0 fully saturated rings. The fraction of sp³-hybridized carbons (Fsp3) is 0.400. The standard InChI is InChI=1S/C15H17Br2FN2/c1-20-12(7-9-19-20)6-8-15(10-16,11-17)13-4-2-3-5-14(13)18/h2-5,7,9H,6,8,10-11H2,1H3. The van der Waals surface area contributed by atoms with Crippen LogP contribution in [0, 0.1) is 5.82 Å². The van der Waals surface area contributed by atoms with E-state index in [0.717, 1.165) is 24.1 Å². The van der Waals surface area contributed by atoms with E-state index in [4.69, 9.17) is 0 Å². The quantitative estimate of drug-likeness (QED) is 0.660. The molecule has 2 rings (SSSR count). The highest BCUT2D eigenvalue weighted by Gasteiger charge is 2.32. The number of nitrogens with zero attached hydrogens (tertiary/aromatic N) is 2. The second kappa shape index (κ2) is 6.85. The van der Waals surface area contributed by atoms with Crippen molar-refractivity contribution >= 4 is 31.9 Å². The lowest BCUT2D eigenvalue weighted by molar-refractivity contribution is 0.463. The van der Waals surface area contributed by atoms with E-state index in [-0.39, 0.29) is 11.2 Å². The number of alkyl halides is 2. The van der Waals surface area contributed by atoms with Gasteiger partial charge in [0.15, 0.2) is 0 Å². The van der Waals surface area contributed by atoms with Gasteiger partial charge < -0.3 is 0 Å². The lowest BCUT2D eigenvalue weighted by atomic mass is 9.79. The molecule has 0 bridgehead atoms. The topological polar surface area (TPSA) is 17.8 Å². The van der Waals surface area contributed by atoms with Gasteiger partial charge in [0.25, 0.3) is 0 Å². The third-order valence-corrected chi connectivity index (χ3v) is 5.89. The van der Waals surface area contributed by atoms with E-state index in [1.807, 2.05) is 29.9 Å². The van der Waals surface area contributed by atoms with Gasteiger partial charge in [-0.3, -0.25) is 4.68 Å². The van der Waals surface area contributed by atoms with Gasteiger partial charge in [-0.15, -0.1) is 0 Å². The van der Waals surface area contributed by atoms with Crippen LogP contribution in [-0.4, -0.2) is 20.4 Å². The molecule has 1 aromatic heterocycles. The SMILES string of the molecule is Cn1nccc1CCC(CBr)(CBr)c1ccccc1F. The summed E-state index contributed by atoms with van der Waals surface area (Å²) in [6, 6.07) is 9.03. The molecule has 0 aliphatic rings. The molecular formula is C15H17Br2FN2. The third-order valence-electron chi connectivity index (χ3n) is 3.74. The zero-order valence-corrected chi connectivity index (χ0v) is 14.5. The van der Waals surface area contributed by atoms with E-state index in [9.17, 15) is 4.39 Å². The van der Waals surface area contributed by atoms with Gasteiger partial charge in [-0.1, -0.05) is 50.1 Å². The average molecular weight is 404 g/mol. The lowest BCUT2D eigenvalue weighted by Crippen LogP contribution is -2.32. The van der Waals surface area contributed by atoms with Gasteiger partial charge in [0.05, 0.1) is 0 Å². The molecule has 1 heterocycles. The van der Waals surface area contributed by atoms with Gasteiger partial charge in [-0.25, -0.2) is 4.39 Å². The zero-order valence-electron chi connectivity index (χ0n) is 11.3. The first kappa shape index (κ1) is 15.7. The first-order valence-corrected chi connectivity index (χ1v) is 8.71. The molecule has 0 aliphatic carbocycles. The maximum Gasteiger partial charge on any atom is 0.127 e. The summed E-state index contributed by atoms with van der Waals surface area (Å²) in [6.45, 7) is 0. The van der Waals surface area contributed by atoms with Crippen molar-refractivity contribution < 1.29 is 4.39 Å². The number of hydrogen-bond acceptors (Lipinski definition) is 1. The molecule has 0 N–H and O–H groups in total. The van der Waals surface area contributed by atoms with Crippen LogP contribution in [0.2, 0.25) is 0 Å². The van der Waals surface area contributed by atoms with Crippen LogP contribution in [0.3, 0.4) is 0 Å². The van der Waals surface area contributed by atoms with Gasteiger partial charge in [0.1, 0.15) is 5.82 Å². The summed E-state index contributed by atoms with van der Waals surface area (Å²) in [5.41, 5.74) is 1.67. The Kier molecular flexibility index (Phi) is 5.38. The van der Waals surface area contributed by atoms with Crippen LogP contribution < -0.4 is 0 Å². The summed E-state index contributed by atoms with van der Waals surface area (Å²) < 4.78 is 16.0. The molecule has 0 saturated carbocycles. The van der Waals surface area contributed by atoms with Crippen molar-refractivity contribution in [3.8, 4) is 0 Å². The Bertz CT molecular complexity index is 565. The van der Waals surface area contributed by atoms with E-state index < -0.39 is 0 Å². The Hall–Kier alpha value is -0.680. The van der Waals surface area contributed by atoms with E-state index in [0.29, 0.717) is 10.7 Å². The van der Waals surface area contributed by atoms with E-state index in [2.05, 4.69) is 37.0 Å². The molecule has 0 unspecified atom stereocenters. The summed E-state index contributed by atoms with van der Waals surface area (Å²) in [6.07, 6.45) is 3.51. The smallest absolute Gasteiger partial charge is 0.127 e. The van der Waals surface area contributed by atoms with Crippen molar-refractivity contribution in [3.63, 3.8) is 0 Å². The van der Waals surface area contributed by atoms with Gasteiger partial charge >= 0.3 is 0 Å². The van der Waals surface area contributed by atoms with Gasteiger partial charge in [-0.05, 0) is 30.5 Å². The lowest BCUT2D eigenvalue weighted by Gasteiger charge is -2.31. The second-order valence-corrected chi connectivity index (χ2v) is 6.10. The van der Waals surface area contributed by atoms with Gasteiger partial charge in [0, 0.05) is 35.0 Å². The highest BCUT2D eigenvalue weighted by atomic mass is 79.9. The van der Waals surface area contributed by atoms with E-state index >= 15 is 0 Å². The number of hydrogen-bond donors (Lipinski definition) is 0. The molecule has 2 aromatic rings. The molecule has 0 saturated heterocycles. The second-order valence-electron chi connectivity index (χ2n) is 4.97. The number of benzene rings is 1. The molecule has 0 amide bonds. The molecule has 0 aliphatic heterocycles. The van der Waals surface area contributed by atoms with Crippen molar-refractivity contribution in [2.75, 3.05) is 10.7 Å². The Morgan fingerprint density at radius 3 is 2.45 bits per heavy atom. The van der Waals surface area contributed by atoms with E-state index in [1.54, 1.807) is 12.3 Å². The van der Waals surface area contributed by atoms with Gasteiger partial charge in [0.2, 0.25) is 0 Å². The maximum atomic E-state index is 14.1. The van der Waals surface area contributed by atoms with Crippen molar-refractivity contribution in [1.29, 1.82) is 0 Å². The van der Waals surface area contributed by atoms with Gasteiger partial charge in [-0.2, -0.15) is 5.10 Å². The molecule has 1 aromatic carbocycles. The first-order valence-electron chi connectivity index (χ1n) is 6.47. The zero-order chi connectivity index (χ0) is 14.6. The number of aromatic nitrogens is 2. The maximum absolute atomic E-state index is 14.1. The summed E-state index contributed by atoms with van der Waals surface area (Å²) in [5, 5.41) is 5.60. The third kappa shape index (κ3) is 3.14. The van der Waals surface area contributed by atoms with Crippen molar-refractivity contribution in [2.24, 2.45) is 7.05 Å². The summed E-state index contributed by atoms with van der Waals surface area (Å²) in [4.78, 5) is 0. The minimum Gasteiger partial charge on any atom is -0.273 e. The van der Waals surface area contributed by atoms with Crippen molar-refractivity contribution in [3.05, 3.63) is 53.6 Å². The Morgan fingerprint density at radius 2 is 1.90 bits per heavy atom. The highest BCUT2D eigenvalue weighted by Crippen LogP contribution is 2.35. The fourth-order valence-electron chi connectivity index (χ4n) is 2.35. The molecule has 0 atom stereocenters. The summed E-state index contributed by atoms with van der Waals surface area (Å²) in [7, 11) is 1.93. The van der Waals surface area contributed by atoms with Crippen LogP contribution in [0.1, 0.15) is 17.7 Å². The van der Waals surface area contributed by atoms with Crippen LogP contribution in [-0.2, 0) is 18.9 Å². The molecule has 108 valence electrons. The van der Waals surface area contributed by atoms with E-state index in [1.165, 1.54) is 6.07 Å². The Morgan fingerprint density at radius 1 is 1.20 bits per heavy atom. The summed E-state index contributed by atoms with van der Waals surface area (Å²) in [5.74, 6) is -0.142. The minimum absolute atomic E-state index is 0.142. The fourth-order valence-corrected chi connectivity index (χ4v) is 4.45. The van der Waals surface area contributed by atoms with Crippen LogP contribution in [0.5, 0.6) is 0 Å². The van der Waals surface area contributed by atoms with Crippen molar-refractivity contribution in [2.45, 2.75) is 18.3 Å². The molecule has 2 nitrogen and oxygen atoms in total. The molecule has 20 heavy (non-hydrogen) atoms. The first-order chi connectivity index (χ1) is 9.63. The molecule has 0 spiro atoms. The molecule has 0 radical (unpaired) electrons. The van der Waals surface area contributed by atoms with Crippen LogP contribution in [0.25, 0.3) is 0 Å². The van der Waals surface area contributed by atoms with Crippen LogP contribution >= 0.6 is 31.9 Å². The van der Waals surface area contributed by atoms with Crippen LogP contribution in [0.15, 0.2) is 36.5 Å². The molecule has 5 heteroatoms. The predicted octanol–water partition coefficient (Wildman–Crippen LogP) is 4.22. The number of aryl methyl sites for hydroxylation is 2. The Balaban J connectivity index is 2.26. The number of halogens is 3. The summed E-state index contributed by atoms with van der Waals surface area (Å²) >= 11 is 7.14. The average Bonchev–Trinajstić information content (AvgIpc) is 2.87. The van der Waals surface area contributed by atoms with Crippen molar-refractivity contribution in [1.82, 2.24) is 9.78 Å². The normalized spacial score (nSPS) is 11.8. The largest absolute Gasteiger partial charge is 0.273 e. The monoisotopic (exact) mass is 402 g/mol. The highest BCUT2D eigenvalue weighted by molar-refractivity contribution is 9.09.